The smallest absolute Gasteiger partial charge is 0.333 e. The highest BCUT2D eigenvalue weighted by Crippen LogP contribution is 2.13. The lowest BCUT2D eigenvalue weighted by molar-refractivity contribution is -0.139. The molecule has 0 spiro atoms. The van der Waals surface area contributed by atoms with Gasteiger partial charge in [0.25, 0.3) is 0 Å². The molecule has 0 radical (unpaired) electrons. The Labute approximate surface area is 86.3 Å². The lowest BCUT2D eigenvalue weighted by Gasteiger charge is -2.09. The van der Waals surface area contributed by atoms with Gasteiger partial charge in [0.2, 0.25) is 0 Å². The molecule has 0 atom stereocenters. The molecule has 0 unspecified atom stereocenters. The van der Waals surface area contributed by atoms with Gasteiger partial charge in [0.15, 0.2) is 0 Å². The molecule has 0 aliphatic carbocycles. The highest BCUT2D eigenvalue weighted by atomic mass is 16.5. The summed E-state index contributed by atoms with van der Waals surface area (Å²) in [6, 6.07) is 0. The fourth-order valence-electron chi connectivity index (χ4n) is 1.27. The zero-order valence-corrected chi connectivity index (χ0v) is 9.43. The number of nitrogens with two attached hydrogens (primary N) is 1. The highest BCUT2D eigenvalue weighted by molar-refractivity contribution is 5.89. The standard InChI is InChI=1S/C11H21NO2/c1-4-8-14-11(13)10(5-2)9(3)6-7-12/h4-8,12H2,1-3H3. The number of hydrogen-bond acceptors (Lipinski definition) is 3. The number of rotatable bonds is 6. The van der Waals surface area contributed by atoms with Gasteiger partial charge in [0, 0.05) is 5.57 Å². The fraction of sp³-hybridized carbons (Fsp3) is 0.727. The summed E-state index contributed by atoms with van der Waals surface area (Å²) in [6.45, 7) is 6.96. The summed E-state index contributed by atoms with van der Waals surface area (Å²) in [5.74, 6) is -0.180. The summed E-state index contributed by atoms with van der Waals surface area (Å²) in [5, 5.41) is 0. The summed E-state index contributed by atoms with van der Waals surface area (Å²) >= 11 is 0. The van der Waals surface area contributed by atoms with Crippen molar-refractivity contribution in [2.45, 2.75) is 40.0 Å². The first kappa shape index (κ1) is 13.2. The maximum Gasteiger partial charge on any atom is 0.333 e. The van der Waals surface area contributed by atoms with Gasteiger partial charge in [-0.3, -0.25) is 0 Å². The molecule has 0 amide bonds. The zero-order chi connectivity index (χ0) is 11.0. The number of ether oxygens (including phenoxy) is 1. The van der Waals surface area contributed by atoms with E-state index in [-0.39, 0.29) is 5.97 Å². The van der Waals surface area contributed by atoms with Crippen molar-refractivity contribution < 1.29 is 9.53 Å². The van der Waals surface area contributed by atoms with Gasteiger partial charge in [-0.05, 0) is 32.7 Å². The van der Waals surface area contributed by atoms with E-state index in [2.05, 4.69) is 0 Å². The normalized spacial score (nSPS) is 12.3. The van der Waals surface area contributed by atoms with Crippen LogP contribution in [0.1, 0.15) is 40.0 Å². The Bertz CT molecular complexity index is 209. The molecule has 0 fully saturated rings. The van der Waals surface area contributed by atoms with E-state index in [9.17, 15) is 4.79 Å². The van der Waals surface area contributed by atoms with E-state index < -0.39 is 0 Å². The van der Waals surface area contributed by atoms with Gasteiger partial charge in [-0.2, -0.15) is 0 Å². The summed E-state index contributed by atoms with van der Waals surface area (Å²) in [4.78, 5) is 11.5. The largest absolute Gasteiger partial charge is 0.462 e. The van der Waals surface area contributed by atoms with E-state index in [4.69, 9.17) is 10.5 Å². The van der Waals surface area contributed by atoms with Gasteiger partial charge in [0.05, 0.1) is 6.61 Å². The molecule has 14 heavy (non-hydrogen) atoms. The molecule has 0 rings (SSSR count). The van der Waals surface area contributed by atoms with E-state index in [1.165, 1.54) is 0 Å². The lowest BCUT2D eigenvalue weighted by Crippen LogP contribution is -2.11. The summed E-state index contributed by atoms with van der Waals surface area (Å²) in [7, 11) is 0. The molecule has 2 N–H and O–H groups in total. The summed E-state index contributed by atoms with van der Waals surface area (Å²) in [6.07, 6.45) is 2.34. The monoisotopic (exact) mass is 199 g/mol. The van der Waals surface area contributed by atoms with E-state index in [0.29, 0.717) is 19.6 Å². The fourth-order valence-corrected chi connectivity index (χ4v) is 1.27. The van der Waals surface area contributed by atoms with Crippen LogP contribution in [0.3, 0.4) is 0 Å². The van der Waals surface area contributed by atoms with Crippen molar-refractivity contribution in [2.24, 2.45) is 5.73 Å². The predicted octanol–water partition coefficient (Wildman–Crippen LogP) is 2.01. The second kappa shape index (κ2) is 7.56. The maximum atomic E-state index is 11.5. The van der Waals surface area contributed by atoms with Crippen LogP contribution in [-0.4, -0.2) is 19.1 Å². The lowest BCUT2D eigenvalue weighted by atomic mass is 10.0. The second-order valence-electron chi connectivity index (χ2n) is 3.29. The van der Waals surface area contributed by atoms with Crippen LogP contribution in [0.25, 0.3) is 0 Å². The van der Waals surface area contributed by atoms with E-state index in [1.807, 2.05) is 20.8 Å². The molecule has 0 aromatic heterocycles. The first-order chi connectivity index (χ1) is 6.67. The molecule has 3 nitrogen and oxygen atoms in total. The SMILES string of the molecule is CCCOC(=O)C(CC)=C(C)CCN. The van der Waals surface area contributed by atoms with Gasteiger partial charge in [-0.25, -0.2) is 4.79 Å². The Balaban J connectivity index is 4.37. The van der Waals surface area contributed by atoms with Crippen LogP contribution in [-0.2, 0) is 9.53 Å². The van der Waals surface area contributed by atoms with Gasteiger partial charge < -0.3 is 10.5 Å². The Kier molecular flexibility index (Phi) is 7.11. The Morgan fingerprint density at radius 1 is 1.36 bits per heavy atom. The van der Waals surface area contributed by atoms with Gasteiger partial charge >= 0.3 is 5.97 Å². The third kappa shape index (κ3) is 4.42. The maximum absolute atomic E-state index is 11.5. The van der Waals surface area contributed by atoms with Crippen molar-refractivity contribution in [1.29, 1.82) is 0 Å². The number of carbonyl (C=O) groups excluding carboxylic acids is 1. The third-order valence-corrected chi connectivity index (χ3v) is 2.07. The molecule has 0 saturated heterocycles. The van der Waals surface area contributed by atoms with Crippen molar-refractivity contribution in [3.8, 4) is 0 Å². The average Bonchev–Trinajstić information content (AvgIpc) is 2.16. The molecular formula is C11H21NO2. The molecule has 0 heterocycles. The van der Waals surface area contributed by atoms with E-state index >= 15 is 0 Å². The van der Waals surface area contributed by atoms with Crippen LogP contribution >= 0.6 is 0 Å². The van der Waals surface area contributed by atoms with Crippen molar-refractivity contribution in [2.75, 3.05) is 13.2 Å². The van der Waals surface area contributed by atoms with E-state index in [0.717, 1.165) is 24.0 Å². The third-order valence-electron chi connectivity index (χ3n) is 2.07. The predicted molar refractivity (Wildman–Crippen MR) is 57.9 cm³/mol. The van der Waals surface area contributed by atoms with Crippen LogP contribution in [0.15, 0.2) is 11.1 Å². The number of hydrogen-bond donors (Lipinski definition) is 1. The first-order valence-electron chi connectivity index (χ1n) is 5.23. The summed E-state index contributed by atoms with van der Waals surface area (Å²) < 4.78 is 5.07. The number of carbonyl (C=O) groups is 1. The molecule has 0 aliphatic heterocycles. The molecule has 3 heteroatoms. The van der Waals surface area contributed by atoms with Gasteiger partial charge in [-0.15, -0.1) is 0 Å². The van der Waals surface area contributed by atoms with Crippen LogP contribution in [0.4, 0.5) is 0 Å². The van der Waals surface area contributed by atoms with Crippen LogP contribution < -0.4 is 5.73 Å². The molecular weight excluding hydrogens is 178 g/mol. The highest BCUT2D eigenvalue weighted by Gasteiger charge is 2.11. The minimum atomic E-state index is -0.180. The minimum Gasteiger partial charge on any atom is -0.462 e. The van der Waals surface area contributed by atoms with Crippen molar-refractivity contribution in [3.63, 3.8) is 0 Å². The average molecular weight is 199 g/mol. The zero-order valence-electron chi connectivity index (χ0n) is 9.43. The molecule has 0 bridgehead atoms. The molecule has 82 valence electrons. The van der Waals surface area contributed by atoms with Crippen molar-refractivity contribution in [1.82, 2.24) is 0 Å². The van der Waals surface area contributed by atoms with Crippen LogP contribution in [0, 0.1) is 0 Å². The Morgan fingerprint density at radius 3 is 2.43 bits per heavy atom. The van der Waals surface area contributed by atoms with Crippen molar-refractivity contribution in [3.05, 3.63) is 11.1 Å². The Morgan fingerprint density at radius 2 is 2.00 bits per heavy atom. The Hall–Kier alpha value is -0.830. The molecule has 0 saturated carbocycles. The van der Waals surface area contributed by atoms with Crippen molar-refractivity contribution >= 4 is 5.97 Å². The molecule has 0 aromatic rings. The molecule has 0 aliphatic rings. The second-order valence-corrected chi connectivity index (χ2v) is 3.29. The van der Waals surface area contributed by atoms with Crippen LogP contribution in [0.5, 0.6) is 0 Å². The van der Waals surface area contributed by atoms with E-state index in [1.54, 1.807) is 0 Å². The topological polar surface area (TPSA) is 52.3 Å². The first-order valence-corrected chi connectivity index (χ1v) is 5.23. The summed E-state index contributed by atoms with van der Waals surface area (Å²) in [5.41, 5.74) is 7.27. The quantitative estimate of drug-likeness (QED) is 0.526. The van der Waals surface area contributed by atoms with Gasteiger partial charge in [-0.1, -0.05) is 19.4 Å². The van der Waals surface area contributed by atoms with Gasteiger partial charge in [0.1, 0.15) is 0 Å². The minimum absolute atomic E-state index is 0.180. The number of esters is 1. The van der Waals surface area contributed by atoms with Crippen LogP contribution in [0.2, 0.25) is 0 Å². The molecule has 0 aromatic carbocycles.